The first-order chi connectivity index (χ1) is 8.36. The zero-order valence-corrected chi connectivity index (χ0v) is 10.4. The molecule has 0 fully saturated rings. The average molecular weight is 239 g/mol. The van der Waals surface area contributed by atoms with E-state index in [1.807, 2.05) is 24.3 Å². The number of nitrogens with two attached hydrogens (primary N) is 1. The van der Waals surface area contributed by atoms with Gasteiger partial charge in [0.2, 0.25) is 0 Å². The summed E-state index contributed by atoms with van der Waals surface area (Å²) in [5.74, 6) is 0. The Morgan fingerprint density at radius 1 is 0.882 bits per heavy atom. The van der Waals surface area contributed by atoms with E-state index in [-0.39, 0.29) is 0 Å². The van der Waals surface area contributed by atoms with Crippen LogP contribution in [0.3, 0.4) is 0 Å². The lowest BCUT2D eigenvalue weighted by Crippen LogP contribution is -2.08. The molecular formula is C13H21NO3. The Balaban J connectivity index is 2.05. The van der Waals surface area contributed by atoms with E-state index in [9.17, 15) is 0 Å². The minimum absolute atomic E-state index is 0.578. The summed E-state index contributed by atoms with van der Waals surface area (Å²) in [6, 6.07) is 8.11. The molecule has 2 N–H and O–H groups in total. The summed E-state index contributed by atoms with van der Waals surface area (Å²) >= 11 is 0. The van der Waals surface area contributed by atoms with Gasteiger partial charge in [-0.1, -0.05) is 24.3 Å². The third-order valence-corrected chi connectivity index (χ3v) is 2.33. The molecule has 0 saturated carbocycles. The van der Waals surface area contributed by atoms with Crippen LogP contribution >= 0.6 is 0 Å². The molecule has 0 aromatic heterocycles. The first-order valence-electron chi connectivity index (χ1n) is 5.79. The fraction of sp³-hybridized carbons (Fsp3) is 0.538. The van der Waals surface area contributed by atoms with Gasteiger partial charge in [0.15, 0.2) is 0 Å². The van der Waals surface area contributed by atoms with Crippen LogP contribution in [0.1, 0.15) is 11.1 Å². The topological polar surface area (TPSA) is 53.7 Å². The Morgan fingerprint density at radius 3 is 2.12 bits per heavy atom. The van der Waals surface area contributed by atoms with Crippen LogP contribution in [0.5, 0.6) is 0 Å². The molecule has 17 heavy (non-hydrogen) atoms. The van der Waals surface area contributed by atoms with Gasteiger partial charge in [-0.15, -0.1) is 0 Å². The molecule has 0 bridgehead atoms. The predicted molar refractivity (Wildman–Crippen MR) is 66.7 cm³/mol. The molecule has 0 aliphatic heterocycles. The highest BCUT2D eigenvalue weighted by Crippen LogP contribution is 2.04. The molecule has 0 unspecified atom stereocenters. The maximum atomic E-state index is 5.52. The van der Waals surface area contributed by atoms with E-state index in [4.69, 9.17) is 19.9 Å². The van der Waals surface area contributed by atoms with Crippen molar-refractivity contribution >= 4 is 0 Å². The summed E-state index contributed by atoms with van der Waals surface area (Å²) in [5.41, 5.74) is 7.81. The van der Waals surface area contributed by atoms with Gasteiger partial charge in [-0.2, -0.15) is 0 Å². The predicted octanol–water partition coefficient (Wildman–Crippen LogP) is 1.32. The maximum Gasteiger partial charge on any atom is 0.0718 e. The lowest BCUT2D eigenvalue weighted by Gasteiger charge is -2.06. The Bertz CT molecular complexity index is 287. The number of benzene rings is 1. The van der Waals surface area contributed by atoms with E-state index in [0.717, 1.165) is 11.1 Å². The van der Waals surface area contributed by atoms with E-state index in [2.05, 4.69) is 0 Å². The molecule has 1 aromatic rings. The second kappa shape index (κ2) is 9.13. The Kier molecular flexibility index (Phi) is 7.58. The zero-order chi connectivity index (χ0) is 12.3. The van der Waals surface area contributed by atoms with Gasteiger partial charge in [0, 0.05) is 13.7 Å². The molecule has 0 saturated heterocycles. The molecule has 1 rings (SSSR count). The molecule has 0 heterocycles. The second-order valence-electron chi connectivity index (χ2n) is 3.68. The molecule has 0 atom stereocenters. The van der Waals surface area contributed by atoms with Crippen LogP contribution in [0.15, 0.2) is 24.3 Å². The molecule has 0 spiro atoms. The molecule has 0 aliphatic carbocycles. The summed E-state index contributed by atoms with van der Waals surface area (Å²) in [6.45, 7) is 3.63. The molecule has 0 aliphatic rings. The minimum atomic E-state index is 0.578. The smallest absolute Gasteiger partial charge is 0.0718 e. The standard InChI is InChI=1S/C13H21NO3/c1-15-6-7-16-8-9-17-11-13-4-2-12(10-14)3-5-13/h2-5H,6-11,14H2,1H3. The number of methoxy groups -OCH3 is 1. The third-order valence-electron chi connectivity index (χ3n) is 2.33. The summed E-state index contributed by atoms with van der Waals surface area (Å²) in [7, 11) is 1.66. The van der Waals surface area contributed by atoms with Crippen molar-refractivity contribution in [3.8, 4) is 0 Å². The van der Waals surface area contributed by atoms with E-state index < -0.39 is 0 Å². The number of hydrogen-bond donors (Lipinski definition) is 1. The van der Waals surface area contributed by atoms with E-state index in [1.165, 1.54) is 0 Å². The fourth-order valence-corrected chi connectivity index (χ4v) is 1.32. The Hall–Kier alpha value is -0.940. The van der Waals surface area contributed by atoms with E-state index >= 15 is 0 Å². The molecule has 0 amide bonds. The van der Waals surface area contributed by atoms with Gasteiger partial charge in [0.1, 0.15) is 0 Å². The van der Waals surface area contributed by atoms with Gasteiger partial charge in [-0.25, -0.2) is 0 Å². The van der Waals surface area contributed by atoms with E-state index in [1.54, 1.807) is 7.11 Å². The van der Waals surface area contributed by atoms with Crippen LogP contribution in [0, 0.1) is 0 Å². The summed E-state index contributed by atoms with van der Waals surface area (Å²) in [6.07, 6.45) is 0. The monoisotopic (exact) mass is 239 g/mol. The largest absolute Gasteiger partial charge is 0.382 e. The van der Waals surface area contributed by atoms with Crippen LogP contribution in [-0.2, 0) is 27.4 Å². The van der Waals surface area contributed by atoms with Crippen LogP contribution in [0.4, 0.5) is 0 Å². The molecule has 96 valence electrons. The van der Waals surface area contributed by atoms with Crippen LogP contribution < -0.4 is 5.73 Å². The molecule has 1 aromatic carbocycles. The summed E-state index contributed by atoms with van der Waals surface area (Å²) in [4.78, 5) is 0. The highest BCUT2D eigenvalue weighted by atomic mass is 16.5. The number of hydrogen-bond acceptors (Lipinski definition) is 4. The van der Waals surface area contributed by atoms with Gasteiger partial charge >= 0.3 is 0 Å². The van der Waals surface area contributed by atoms with Gasteiger partial charge < -0.3 is 19.9 Å². The van der Waals surface area contributed by atoms with Crippen LogP contribution in [0.25, 0.3) is 0 Å². The Labute approximate surface area is 103 Å². The molecule has 0 radical (unpaired) electrons. The van der Waals surface area contributed by atoms with Crippen molar-refractivity contribution in [2.24, 2.45) is 5.73 Å². The zero-order valence-electron chi connectivity index (χ0n) is 10.4. The molecule has 4 heteroatoms. The van der Waals surface area contributed by atoms with Crippen LogP contribution in [0.2, 0.25) is 0 Å². The first-order valence-corrected chi connectivity index (χ1v) is 5.79. The normalized spacial score (nSPS) is 10.7. The van der Waals surface area contributed by atoms with Crippen molar-refractivity contribution in [3.63, 3.8) is 0 Å². The maximum absolute atomic E-state index is 5.52. The average Bonchev–Trinajstić information content (AvgIpc) is 2.38. The van der Waals surface area contributed by atoms with Crippen LogP contribution in [-0.4, -0.2) is 33.5 Å². The summed E-state index contributed by atoms with van der Waals surface area (Å²) < 4.78 is 15.6. The van der Waals surface area contributed by atoms with Crippen molar-refractivity contribution in [1.82, 2.24) is 0 Å². The number of rotatable bonds is 9. The number of ether oxygens (including phenoxy) is 3. The molecule has 4 nitrogen and oxygen atoms in total. The third kappa shape index (κ3) is 6.38. The quantitative estimate of drug-likeness (QED) is 0.660. The van der Waals surface area contributed by atoms with Crippen molar-refractivity contribution < 1.29 is 14.2 Å². The lowest BCUT2D eigenvalue weighted by atomic mass is 10.1. The Morgan fingerprint density at radius 2 is 1.47 bits per heavy atom. The molecular weight excluding hydrogens is 218 g/mol. The van der Waals surface area contributed by atoms with E-state index in [0.29, 0.717) is 39.6 Å². The first kappa shape index (κ1) is 14.1. The fourth-order valence-electron chi connectivity index (χ4n) is 1.32. The van der Waals surface area contributed by atoms with Gasteiger partial charge in [-0.05, 0) is 11.1 Å². The van der Waals surface area contributed by atoms with Crippen molar-refractivity contribution in [2.75, 3.05) is 33.5 Å². The highest BCUT2D eigenvalue weighted by Gasteiger charge is 1.94. The minimum Gasteiger partial charge on any atom is -0.382 e. The van der Waals surface area contributed by atoms with Gasteiger partial charge in [-0.3, -0.25) is 0 Å². The SMILES string of the molecule is COCCOCCOCc1ccc(CN)cc1. The van der Waals surface area contributed by atoms with Crippen molar-refractivity contribution in [3.05, 3.63) is 35.4 Å². The van der Waals surface area contributed by atoms with Gasteiger partial charge in [0.25, 0.3) is 0 Å². The van der Waals surface area contributed by atoms with Gasteiger partial charge in [0.05, 0.1) is 33.0 Å². The lowest BCUT2D eigenvalue weighted by molar-refractivity contribution is 0.0199. The van der Waals surface area contributed by atoms with Crippen molar-refractivity contribution in [2.45, 2.75) is 13.2 Å². The second-order valence-corrected chi connectivity index (χ2v) is 3.68. The highest BCUT2D eigenvalue weighted by molar-refractivity contribution is 5.21. The summed E-state index contributed by atoms with van der Waals surface area (Å²) in [5, 5.41) is 0. The van der Waals surface area contributed by atoms with Crippen molar-refractivity contribution in [1.29, 1.82) is 0 Å².